The Bertz CT molecular complexity index is 1290. The highest BCUT2D eigenvalue weighted by Gasteiger charge is 2.15. The highest BCUT2D eigenvalue weighted by molar-refractivity contribution is 6.23. The molecule has 1 nitrogen and oxygen atoms in total. The summed E-state index contributed by atoms with van der Waals surface area (Å²) in [5.74, 6) is 6.55. The van der Waals surface area contributed by atoms with Crippen LogP contribution in [0.5, 0.6) is 0 Å². The number of ether oxygens (including phenoxy) is 1. The molecule has 0 saturated heterocycles. The second-order valence-corrected chi connectivity index (χ2v) is 6.76. The van der Waals surface area contributed by atoms with Crippen molar-refractivity contribution >= 4 is 32.3 Å². The monoisotopic (exact) mass is 346 g/mol. The van der Waals surface area contributed by atoms with Crippen molar-refractivity contribution in [1.29, 1.82) is 0 Å². The van der Waals surface area contributed by atoms with Crippen molar-refractivity contribution in [3.8, 4) is 11.8 Å². The van der Waals surface area contributed by atoms with Crippen molar-refractivity contribution < 1.29 is 4.74 Å². The third-order valence-corrected chi connectivity index (χ3v) is 5.20. The molecule has 0 aliphatic rings. The molecule has 0 aliphatic heterocycles. The lowest BCUT2D eigenvalue weighted by Crippen LogP contribution is -2.00. The summed E-state index contributed by atoms with van der Waals surface area (Å²) in [4.78, 5) is 0. The summed E-state index contributed by atoms with van der Waals surface area (Å²) in [6.45, 7) is 0. The zero-order valence-electron chi connectivity index (χ0n) is 15.1. The zero-order chi connectivity index (χ0) is 18.2. The summed E-state index contributed by atoms with van der Waals surface area (Å²) < 4.78 is 5.77. The Hall–Kier alpha value is -3.34. The number of methoxy groups -OCH3 is 1. The van der Waals surface area contributed by atoms with Gasteiger partial charge in [-0.15, -0.1) is 0 Å². The largest absolute Gasteiger partial charge is 0.364 e. The topological polar surface area (TPSA) is 9.23 Å². The third-order valence-electron chi connectivity index (χ3n) is 5.20. The van der Waals surface area contributed by atoms with Gasteiger partial charge in [-0.2, -0.15) is 0 Å². The average Bonchev–Trinajstić information content (AvgIpc) is 2.74. The molecule has 0 saturated carbocycles. The van der Waals surface area contributed by atoms with Crippen LogP contribution in [0.1, 0.15) is 17.2 Å². The van der Waals surface area contributed by atoms with Crippen LogP contribution >= 0.6 is 0 Å². The molecule has 0 bridgehead atoms. The highest BCUT2D eigenvalue weighted by atomic mass is 16.5. The van der Waals surface area contributed by atoms with E-state index in [0.717, 1.165) is 11.1 Å². The molecule has 1 atom stereocenters. The number of benzene rings is 5. The lowest BCUT2D eigenvalue weighted by atomic mass is 9.90. The van der Waals surface area contributed by atoms with Crippen LogP contribution < -0.4 is 0 Å². The SMILES string of the molecule is COC(C#Cc1ccccc1)c1ccc2ccc3cccc4ccc1c2c34. The second-order valence-electron chi connectivity index (χ2n) is 6.76. The van der Waals surface area contributed by atoms with Crippen LogP contribution in [0.25, 0.3) is 32.3 Å². The molecule has 128 valence electrons. The predicted octanol–water partition coefficient (Wildman–Crippen LogP) is 6.32. The van der Waals surface area contributed by atoms with Gasteiger partial charge in [-0.3, -0.25) is 0 Å². The number of rotatable bonds is 2. The Morgan fingerprint density at radius 1 is 0.667 bits per heavy atom. The highest BCUT2D eigenvalue weighted by Crippen LogP contribution is 2.37. The second kappa shape index (κ2) is 6.43. The Labute approximate surface area is 158 Å². The average molecular weight is 346 g/mol. The van der Waals surface area contributed by atoms with Crippen molar-refractivity contribution in [3.05, 3.63) is 96.1 Å². The van der Waals surface area contributed by atoms with Crippen molar-refractivity contribution in [2.45, 2.75) is 6.10 Å². The van der Waals surface area contributed by atoms with Crippen LogP contribution in [0.4, 0.5) is 0 Å². The maximum atomic E-state index is 5.77. The molecule has 0 heterocycles. The van der Waals surface area contributed by atoms with Crippen LogP contribution in [0.2, 0.25) is 0 Å². The van der Waals surface area contributed by atoms with E-state index in [1.807, 2.05) is 30.3 Å². The maximum Gasteiger partial charge on any atom is 0.144 e. The van der Waals surface area contributed by atoms with Gasteiger partial charge in [-0.05, 0) is 44.5 Å². The molecule has 0 spiro atoms. The first-order valence-corrected chi connectivity index (χ1v) is 9.11. The Balaban J connectivity index is 1.74. The Morgan fingerprint density at radius 3 is 2.07 bits per heavy atom. The summed E-state index contributed by atoms with van der Waals surface area (Å²) in [7, 11) is 1.72. The van der Waals surface area contributed by atoms with Crippen LogP contribution in [0, 0.1) is 11.8 Å². The predicted molar refractivity (Wildman–Crippen MR) is 113 cm³/mol. The molecule has 5 rings (SSSR count). The summed E-state index contributed by atoms with van der Waals surface area (Å²) in [6, 6.07) is 29.6. The van der Waals surface area contributed by atoms with Crippen LogP contribution in [0.15, 0.2) is 84.9 Å². The summed E-state index contributed by atoms with van der Waals surface area (Å²) in [5.41, 5.74) is 2.11. The van der Waals surface area contributed by atoms with Crippen LogP contribution in [-0.2, 0) is 4.74 Å². The van der Waals surface area contributed by atoms with E-state index in [0.29, 0.717) is 0 Å². The van der Waals surface area contributed by atoms with Gasteiger partial charge in [-0.1, -0.05) is 84.6 Å². The van der Waals surface area contributed by atoms with Crippen molar-refractivity contribution in [1.82, 2.24) is 0 Å². The normalized spacial score (nSPS) is 12.3. The van der Waals surface area contributed by atoms with Crippen molar-refractivity contribution in [2.24, 2.45) is 0 Å². The Kier molecular flexibility index (Phi) is 3.78. The molecule has 1 heteroatoms. The Morgan fingerprint density at radius 2 is 1.33 bits per heavy atom. The van der Waals surface area contributed by atoms with Gasteiger partial charge < -0.3 is 4.74 Å². The van der Waals surface area contributed by atoms with E-state index in [4.69, 9.17) is 4.74 Å². The van der Waals surface area contributed by atoms with E-state index in [2.05, 4.69) is 66.4 Å². The molecule has 5 aromatic carbocycles. The molecule has 0 fully saturated rings. The first-order valence-electron chi connectivity index (χ1n) is 9.11. The van der Waals surface area contributed by atoms with Gasteiger partial charge in [0.25, 0.3) is 0 Å². The number of hydrogen-bond acceptors (Lipinski definition) is 1. The van der Waals surface area contributed by atoms with E-state index in [-0.39, 0.29) is 6.10 Å². The fourth-order valence-electron chi connectivity index (χ4n) is 3.92. The summed E-state index contributed by atoms with van der Waals surface area (Å²) >= 11 is 0. The first kappa shape index (κ1) is 15.9. The minimum atomic E-state index is -0.269. The number of hydrogen-bond donors (Lipinski definition) is 0. The van der Waals surface area contributed by atoms with E-state index in [1.165, 1.54) is 32.3 Å². The fraction of sp³-hybridized carbons (Fsp3) is 0.0769. The molecule has 5 aromatic rings. The van der Waals surface area contributed by atoms with Gasteiger partial charge in [0.2, 0.25) is 0 Å². The van der Waals surface area contributed by atoms with E-state index < -0.39 is 0 Å². The van der Waals surface area contributed by atoms with Gasteiger partial charge in [0.15, 0.2) is 0 Å². The molecule has 0 N–H and O–H groups in total. The van der Waals surface area contributed by atoms with E-state index in [1.54, 1.807) is 7.11 Å². The molecule has 0 aromatic heterocycles. The smallest absolute Gasteiger partial charge is 0.144 e. The zero-order valence-corrected chi connectivity index (χ0v) is 15.1. The summed E-state index contributed by atoms with van der Waals surface area (Å²) in [5, 5.41) is 7.63. The van der Waals surface area contributed by atoms with E-state index >= 15 is 0 Å². The van der Waals surface area contributed by atoms with Crippen molar-refractivity contribution in [2.75, 3.05) is 7.11 Å². The minimum Gasteiger partial charge on any atom is -0.364 e. The van der Waals surface area contributed by atoms with Gasteiger partial charge in [0.05, 0.1) is 0 Å². The quantitative estimate of drug-likeness (QED) is 0.268. The fourth-order valence-corrected chi connectivity index (χ4v) is 3.92. The molecule has 0 aliphatic carbocycles. The van der Waals surface area contributed by atoms with Gasteiger partial charge >= 0.3 is 0 Å². The molecule has 0 radical (unpaired) electrons. The maximum absolute atomic E-state index is 5.77. The summed E-state index contributed by atoms with van der Waals surface area (Å²) in [6.07, 6.45) is -0.269. The first-order chi connectivity index (χ1) is 13.3. The molecule has 27 heavy (non-hydrogen) atoms. The lowest BCUT2D eigenvalue weighted by molar-refractivity contribution is 0.151. The molecule has 0 amide bonds. The van der Waals surface area contributed by atoms with Gasteiger partial charge in [-0.25, -0.2) is 0 Å². The van der Waals surface area contributed by atoms with Crippen LogP contribution in [-0.4, -0.2) is 7.11 Å². The molecule has 1 unspecified atom stereocenters. The molecular weight excluding hydrogens is 328 g/mol. The third kappa shape index (κ3) is 2.63. The lowest BCUT2D eigenvalue weighted by Gasteiger charge is -2.16. The van der Waals surface area contributed by atoms with E-state index in [9.17, 15) is 0 Å². The van der Waals surface area contributed by atoms with Gasteiger partial charge in [0, 0.05) is 18.2 Å². The molecular formula is C26H18O. The standard InChI is InChI=1S/C26H18O/c1-27-24(17-10-18-6-3-2-4-7-18)22-15-13-21-12-11-19-8-5-9-20-14-16-23(22)26(21)25(19)20/h2-9,11-16,24H,1H3. The van der Waals surface area contributed by atoms with Crippen LogP contribution in [0.3, 0.4) is 0 Å². The minimum absolute atomic E-state index is 0.269. The van der Waals surface area contributed by atoms with Crippen molar-refractivity contribution in [3.63, 3.8) is 0 Å². The van der Waals surface area contributed by atoms with Gasteiger partial charge in [0.1, 0.15) is 6.10 Å².